The molecule has 190 valence electrons. The third kappa shape index (κ3) is 4.35. The van der Waals surface area contributed by atoms with E-state index in [0.29, 0.717) is 0 Å². The van der Waals surface area contributed by atoms with E-state index in [9.17, 15) is 0 Å². The van der Waals surface area contributed by atoms with E-state index >= 15 is 0 Å². The quantitative estimate of drug-likeness (QED) is 0.215. The van der Waals surface area contributed by atoms with Gasteiger partial charge in [-0.15, -0.1) is 0 Å². The van der Waals surface area contributed by atoms with Crippen LogP contribution in [0, 0.1) is 13.8 Å². The zero-order valence-corrected chi connectivity index (χ0v) is 23.8. The topological polar surface area (TPSA) is 0 Å². The van der Waals surface area contributed by atoms with Crippen molar-refractivity contribution in [2.75, 3.05) is 0 Å². The Morgan fingerprint density at radius 1 is 0.676 bits per heavy atom. The third-order valence-electron chi connectivity index (χ3n) is 9.06. The smallest absolute Gasteiger partial charge is 0.0149 e. The first-order chi connectivity index (χ1) is 17.7. The molecule has 0 fully saturated rings. The molecule has 0 unspecified atom stereocenters. The molecule has 0 aromatic heterocycles. The lowest BCUT2D eigenvalue weighted by atomic mass is 9.73. The average molecular weight is 487 g/mol. The van der Waals surface area contributed by atoms with Crippen LogP contribution < -0.4 is 0 Å². The number of hydrogen-bond acceptors (Lipinski definition) is 0. The summed E-state index contributed by atoms with van der Waals surface area (Å²) < 4.78 is 0. The zero-order valence-electron chi connectivity index (χ0n) is 23.8. The number of fused-ring (bicyclic) bond motifs is 3. The Kier molecular flexibility index (Phi) is 6.65. The van der Waals surface area contributed by atoms with Crippen LogP contribution in [0.2, 0.25) is 0 Å². The molecule has 0 aliphatic heterocycles. The van der Waals surface area contributed by atoms with Crippen LogP contribution in [-0.2, 0) is 23.7 Å². The first kappa shape index (κ1) is 25.5. The van der Waals surface area contributed by atoms with Crippen molar-refractivity contribution in [2.45, 2.75) is 85.0 Å². The molecule has 1 aliphatic rings. The van der Waals surface area contributed by atoms with Gasteiger partial charge >= 0.3 is 0 Å². The van der Waals surface area contributed by atoms with Crippen molar-refractivity contribution in [1.29, 1.82) is 0 Å². The van der Waals surface area contributed by atoms with Gasteiger partial charge in [-0.1, -0.05) is 108 Å². The molecule has 0 N–H and O–H groups in total. The largest absolute Gasteiger partial charge is 0.0654 e. The van der Waals surface area contributed by atoms with Gasteiger partial charge in [-0.05, 0) is 106 Å². The lowest BCUT2D eigenvalue weighted by Crippen LogP contribution is -2.21. The molecule has 0 amide bonds. The highest BCUT2D eigenvalue weighted by atomic mass is 14.4. The molecular formula is C37H42. The van der Waals surface area contributed by atoms with Crippen molar-refractivity contribution in [1.82, 2.24) is 0 Å². The maximum absolute atomic E-state index is 2.55. The van der Waals surface area contributed by atoms with Crippen molar-refractivity contribution in [3.8, 4) is 11.1 Å². The van der Waals surface area contributed by atoms with Crippen molar-refractivity contribution < 1.29 is 0 Å². The second kappa shape index (κ2) is 9.64. The molecule has 0 saturated carbocycles. The summed E-state index contributed by atoms with van der Waals surface area (Å²) in [4.78, 5) is 0. The lowest BCUT2D eigenvalue weighted by molar-refractivity contribution is 0.632. The minimum atomic E-state index is -0.0546. The Balaban J connectivity index is 1.72. The number of unbranched alkanes of at least 4 members (excludes halogenated alkanes) is 1. The van der Waals surface area contributed by atoms with Crippen LogP contribution in [0.5, 0.6) is 0 Å². The van der Waals surface area contributed by atoms with E-state index in [4.69, 9.17) is 0 Å². The molecule has 5 rings (SSSR count). The second-order valence-electron chi connectivity index (χ2n) is 12.1. The van der Waals surface area contributed by atoms with Gasteiger partial charge in [-0.3, -0.25) is 0 Å². The summed E-state index contributed by atoms with van der Waals surface area (Å²) in [7, 11) is 0. The molecule has 0 saturated heterocycles. The molecule has 0 atom stereocenters. The van der Waals surface area contributed by atoms with Crippen molar-refractivity contribution in [3.63, 3.8) is 0 Å². The first-order valence-electron chi connectivity index (χ1n) is 14.1. The molecule has 0 bridgehead atoms. The Labute approximate surface area is 224 Å². The minimum absolute atomic E-state index is 0.0506. The summed E-state index contributed by atoms with van der Waals surface area (Å²) >= 11 is 0. The molecule has 0 nitrogen and oxygen atoms in total. The van der Waals surface area contributed by atoms with Crippen LogP contribution in [0.4, 0.5) is 0 Å². The third-order valence-corrected chi connectivity index (χ3v) is 9.06. The van der Waals surface area contributed by atoms with Crippen LogP contribution in [0.1, 0.15) is 97.5 Å². The standard InChI is InChI=1S/C37H42/c1-8-9-20-30-26(3)35(37(6,7)29-18-14-11-15-19-29)24-33-31-23-34(25(2)21-27(31)22-32(30)33)36(4,5)28-16-12-10-13-17-28/h10-19,21,23-24H,8-9,20,22H2,1-7H3. The van der Waals surface area contributed by atoms with Gasteiger partial charge in [-0.2, -0.15) is 0 Å². The van der Waals surface area contributed by atoms with E-state index in [0.717, 1.165) is 6.42 Å². The highest BCUT2D eigenvalue weighted by Gasteiger charge is 2.33. The van der Waals surface area contributed by atoms with E-state index in [1.54, 1.807) is 11.1 Å². The lowest BCUT2D eigenvalue weighted by Gasteiger charge is -2.31. The van der Waals surface area contributed by atoms with Gasteiger partial charge in [0.15, 0.2) is 0 Å². The van der Waals surface area contributed by atoms with E-state index < -0.39 is 0 Å². The van der Waals surface area contributed by atoms with Crippen molar-refractivity contribution >= 4 is 0 Å². The molecule has 4 aromatic carbocycles. The van der Waals surface area contributed by atoms with Gasteiger partial charge in [0.05, 0.1) is 0 Å². The zero-order chi connectivity index (χ0) is 26.4. The van der Waals surface area contributed by atoms with Gasteiger partial charge in [0.1, 0.15) is 0 Å². The van der Waals surface area contributed by atoms with E-state index in [-0.39, 0.29) is 10.8 Å². The Morgan fingerprint density at radius 2 is 1.22 bits per heavy atom. The van der Waals surface area contributed by atoms with Crippen LogP contribution in [0.25, 0.3) is 11.1 Å². The van der Waals surface area contributed by atoms with Gasteiger partial charge in [0.2, 0.25) is 0 Å². The first-order valence-corrected chi connectivity index (χ1v) is 14.1. The SMILES string of the molecule is CCCCc1c(C)c(C(C)(C)c2ccccc2)cc2c1Cc1cc(C)c(C(C)(C)c3ccccc3)cc1-2. The fourth-order valence-corrected chi connectivity index (χ4v) is 6.72. The maximum atomic E-state index is 2.55. The summed E-state index contributed by atoms with van der Waals surface area (Å²) in [6.45, 7) is 16.5. The average Bonchev–Trinajstić information content (AvgIpc) is 3.25. The fraction of sp³-hybridized carbons (Fsp3) is 0.351. The normalized spacial score (nSPS) is 12.9. The van der Waals surface area contributed by atoms with Crippen LogP contribution >= 0.6 is 0 Å². The molecule has 4 aromatic rings. The Bertz CT molecular complexity index is 1420. The highest BCUT2D eigenvalue weighted by Crippen LogP contribution is 2.47. The summed E-state index contributed by atoms with van der Waals surface area (Å²) in [5, 5.41) is 0. The van der Waals surface area contributed by atoms with Gasteiger partial charge < -0.3 is 0 Å². The number of aryl methyl sites for hydroxylation is 1. The number of benzene rings is 4. The fourth-order valence-electron chi connectivity index (χ4n) is 6.72. The minimum Gasteiger partial charge on any atom is -0.0654 e. The number of hydrogen-bond donors (Lipinski definition) is 0. The molecule has 0 heteroatoms. The maximum Gasteiger partial charge on any atom is 0.0149 e. The van der Waals surface area contributed by atoms with Crippen molar-refractivity contribution in [2.24, 2.45) is 0 Å². The van der Waals surface area contributed by atoms with E-state index in [2.05, 4.69) is 127 Å². The summed E-state index contributed by atoms with van der Waals surface area (Å²) in [6, 6.07) is 29.6. The molecule has 0 spiro atoms. The van der Waals surface area contributed by atoms with Crippen LogP contribution in [0.3, 0.4) is 0 Å². The van der Waals surface area contributed by atoms with Crippen molar-refractivity contribution in [3.05, 3.63) is 129 Å². The number of rotatable bonds is 7. The molecule has 37 heavy (non-hydrogen) atoms. The predicted molar refractivity (Wildman–Crippen MR) is 160 cm³/mol. The van der Waals surface area contributed by atoms with Crippen LogP contribution in [0.15, 0.2) is 78.9 Å². The molecule has 0 radical (unpaired) electrons. The molecular weight excluding hydrogens is 444 g/mol. The van der Waals surface area contributed by atoms with Gasteiger partial charge in [-0.25, -0.2) is 0 Å². The molecule has 1 aliphatic carbocycles. The Morgan fingerprint density at radius 3 is 1.78 bits per heavy atom. The summed E-state index contributed by atoms with van der Waals surface area (Å²) in [5.74, 6) is 0. The Hall–Kier alpha value is -3.12. The van der Waals surface area contributed by atoms with E-state index in [1.165, 1.54) is 69.3 Å². The summed E-state index contributed by atoms with van der Waals surface area (Å²) in [6.07, 6.45) is 4.69. The van der Waals surface area contributed by atoms with E-state index in [1.807, 2.05) is 0 Å². The highest BCUT2D eigenvalue weighted by molar-refractivity contribution is 5.81. The predicted octanol–water partition coefficient (Wildman–Crippen LogP) is 9.87. The van der Waals surface area contributed by atoms with Gasteiger partial charge in [0.25, 0.3) is 0 Å². The molecule has 0 heterocycles. The van der Waals surface area contributed by atoms with Crippen LogP contribution in [-0.4, -0.2) is 0 Å². The summed E-state index contributed by atoms with van der Waals surface area (Å²) in [5.41, 5.74) is 16.0. The van der Waals surface area contributed by atoms with Gasteiger partial charge in [0, 0.05) is 10.8 Å². The monoisotopic (exact) mass is 486 g/mol. The second-order valence-corrected chi connectivity index (χ2v) is 12.1.